The summed E-state index contributed by atoms with van der Waals surface area (Å²) in [5.41, 5.74) is 1.84. The first-order valence-electron chi connectivity index (χ1n) is 9.14. The maximum absolute atomic E-state index is 12.5. The predicted molar refractivity (Wildman–Crippen MR) is 109 cm³/mol. The lowest BCUT2D eigenvalue weighted by atomic mass is 10.0. The molecule has 0 saturated carbocycles. The van der Waals surface area contributed by atoms with Crippen LogP contribution in [0.3, 0.4) is 0 Å². The van der Waals surface area contributed by atoms with Crippen molar-refractivity contribution >= 4 is 28.3 Å². The lowest BCUT2D eigenvalue weighted by Crippen LogP contribution is -2.17. The maximum atomic E-state index is 12.5. The second-order valence-electron chi connectivity index (χ2n) is 6.82. The first-order valence-corrected chi connectivity index (χ1v) is 9.14. The average molecular weight is 359 g/mol. The first-order chi connectivity index (χ1) is 13.1. The summed E-state index contributed by atoms with van der Waals surface area (Å²) in [6.45, 7) is 1.92. The molecule has 27 heavy (non-hydrogen) atoms. The Morgan fingerprint density at radius 2 is 1.74 bits per heavy atom. The zero-order valence-corrected chi connectivity index (χ0v) is 14.9. The Bertz CT molecular complexity index is 1030. The molecule has 0 amide bonds. The van der Waals surface area contributed by atoms with Gasteiger partial charge in [-0.15, -0.1) is 0 Å². The van der Waals surface area contributed by atoms with Crippen LogP contribution in [-0.2, 0) is 0 Å². The van der Waals surface area contributed by atoms with Gasteiger partial charge in [-0.2, -0.15) is 0 Å². The number of phenols is 2. The minimum atomic E-state index is -0.277. The Labute approximate surface area is 158 Å². The molecule has 0 bridgehead atoms. The number of carbonyl (C=O) groups is 1. The van der Waals surface area contributed by atoms with Crippen molar-refractivity contribution in [3.05, 3.63) is 71.8 Å². The average Bonchev–Trinajstić information content (AvgIpc) is 3.21. The fourth-order valence-electron chi connectivity index (χ4n) is 3.59. The second kappa shape index (κ2) is 7.16. The number of anilines is 1. The van der Waals surface area contributed by atoms with E-state index in [4.69, 9.17) is 0 Å². The topological polar surface area (TPSA) is 60.8 Å². The van der Waals surface area contributed by atoms with E-state index in [1.165, 1.54) is 6.08 Å². The molecule has 0 unspecified atom stereocenters. The Balaban J connectivity index is 1.57. The molecule has 136 valence electrons. The first kappa shape index (κ1) is 17.2. The highest BCUT2D eigenvalue weighted by Gasteiger charge is 2.16. The van der Waals surface area contributed by atoms with Crippen molar-refractivity contribution in [2.45, 2.75) is 12.8 Å². The molecule has 1 fully saturated rings. The van der Waals surface area contributed by atoms with E-state index in [0.717, 1.165) is 42.6 Å². The van der Waals surface area contributed by atoms with Crippen LogP contribution in [0.1, 0.15) is 28.8 Å². The molecule has 0 spiro atoms. The number of allylic oxidation sites excluding steroid dienone is 1. The van der Waals surface area contributed by atoms with Crippen molar-refractivity contribution in [1.82, 2.24) is 0 Å². The van der Waals surface area contributed by atoms with Crippen molar-refractivity contribution < 1.29 is 15.0 Å². The Morgan fingerprint density at radius 1 is 0.963 bits per heavy atom. The molecule has 4 rings (SSSR count). The van der Waals surface area contributed by atoms with Crippen LogP contribution in [0.15, 0.2) is 60.7 Å². The van der Waals surface area contributed by atoms with Crippen LogP contribution < -0.4 is 4.90 Å². The molecule has 0 atom stereocenters. The van der Waals surface area contributed by atoms with E-state index in [1.54, 1.807) is 24.3 Å². The van der Waals surface area contributed by atoms with Gasteiger partial charge in [-0.1, -0.05) is 42.5 Å². The molecule has 1 aliphatic heterocycles. The van der Waals surface area contributed by atoms with Crippen LogP contribution >= 0.6 is 0 Å². The molecule has 0 radical (unpaired) electrons. The molecule has 4 heteroatoms. The molecular weight excluding hydrogens is 338 g/mol. The summed E-state index contributed by atoms with van der Waals surface area (Å²) in [6.07, 6.45) is 5.37. The lowest BCUT2D eigenvalue weighted by molar-refractivity contribution is 0.104. The van der Waals surface area contributed by atoms with Gasteiger partial charge in [-0.25, -0.2) is 0 Å². The molecule has 3 aromatic rings. The SMILES string of the molecule is O=C(C=Cc1ccc(N2CCCC2)c(O)c1)c1ccc2ccccc2c1O. The summed E-state index contributed by atoms with van der Waals surface area (Å²) in [4.78, 5) is 14.7. The second-order valence-corrected chi connectivity index (χ2v) is 6.82. The number of hydrogen-bond donors (Lipinski definition) is 2. The third-order valence-electron chi connectivity index (χ3n) is 5.04. The fraction of sp³-hybridized carbons (Fsp3) is 0.174. The van der Waals surface area contributed by atoms with Crippen LogP contribution in [0.2, 0.25) is 0 Å². The van der Waals surface area contributed by atoms with Gasteiger partial charge in [0, 0.05) is 18.5 Å². The van der Waals surface area contributed by atoms with E-state index >= 15 is 0 Å². The summed E-state index contributed by atoms with van der Waals surface area (Å²) in [5.74, 6) is -0.0589. The van der Waals surface area contributed by atoms with Gasteiger partial charge >= 0.3 is 0 Å². The number of rotatable bonds is 4. The van der Waals surface area contributed by atoms with Gasteiger partial charge in [0.2, 0.25) is 0 Å². The van der Waals surface area contributed by atoms with Gasteiger partial charge in [0.25, 0.3) is 0 Å². The van der Waals surface area contributed by atoms with Crippen molar-refractivity contribution in [3.8, 4) is 11.5 Å². The van der Waals surface area contributed by atoms with Crippen molar-refractivity contribution in [2.75, 3.05) is 18.0 Å². The largest absolute Gasteiger partial charge is 0.507 e. The van der Waals surface area contributed by atoms with Crippen molar-refractivity contribution in [1.29, 1.82) is 0 Å². The number of ketones is 1. The highest BCUT2D eigenvalue weighted by molar-refractivity contribution is 6.11. The molecule has 0 aliphatic carbocycles. The van der Waals surface area contributed by atoms with Crippen molar-refractivity contribution in [2.24, 2.45) is 0 Å². The van der Waals surface area contributed by atoms with Crippen molar-refractivity contribution in [3.63, 3.8) is 0 Å². The zero-order valence-electron chi connectivity index (χ0n) is 14.9. The number of carbonyl (C=O) groups excluding carboxylic acids is 1. The molecule has 1 aliphatic rings. The molecule has 3 aromatic carbocycles. The van der Waals surface area contributed by atoms with E-state index in [1.807, 2.05) is 36.4 Å². The number of aromatic hydroxyl groups is 2. The summed E-state index contributed by atoms with van der Waals surface area (Å²) in [7, 11) is 0. The van der Waals surface area contributed by atoms with Crippen LogP contribution in [0, 0.1) is 0 Å². The van der Waals surface area contributed by atoms with Gasteiger partial charge in [-0.05, 0) is 48.1 Å². The third-order valence-corrected chi connectivity index (χ3v) is 5.04. The Hall–Kier alpha value is -3.27. The minimum Gasteiger partial charge on any atom is -0.507 e. The minimum absolute atomic E-state index is 0.00465. The van der Waals surface area contributed by atoms with Crippen LogP contribution in [0.4, 0.5) is 5.69 Å². The predicted octanol–water partition coefficient (Wildman–Crippen LogP) is 4.75. The van der Waals surface area contributed by atoms with Gasteiger partial charge < -0.3 is 15.1 Å². The summed E-state index contributed by atoms with van der Waals surface area (Å²) >= 11 is 0. The van der Waals surface area contributed by atoms with Gasteiger partial charge in [0.05, 0.1) is 11.3 Å². The number of hydrogen-bond acceptors (Lipinski definition) is 4. The monoisotopic (exact) mass is 359 g/mol. The van der Waals surface area contributed by atoms with Crippen LogP contribution in [0.25, 0.3) is 16.8 Å². The smallest absolute Gasteiger partial charge is 0.189 e. The molecule has 4 nitrogen and oxygen atoms in total. The van der Waals surface area contributed by atoms with E-state index in [9.17, 15) is 15.0 Å². The number of benzene rings is 3. The van der Waals surface area contributed by atoms with E-state index in [0.29, 0.717) is 5.39 Å². The highest BCUT2D eigenvalue weighted by atomic mass is 16.3. The molecular formula is C23H21NO3. The third kappa shape index (κ3) is 3.38. The quantitative estimate of drug-likeness (QED) is 0.521. The highest BCUT2D eigenvalue weighted by Crippen LogP contribution is 2.32. The van der Waals surface area contributed by atoms with Gasteiger partial charge in [0.1, 0.15) is 11.5 Å². The van der Waals surface area contributed by atoms with E-state index in [-0.39, 0.29) is 22.8 Å². The van der Waals surface area contributed by atoms with Crippen LogP contribution in [-0.4, -0.2) is 29.1 Å². The lowest BCUT2D eigenvalue weighted by Gasteiger charge is -2.18. The van der Waals surface area contributed by atoms with Gasteiger partial charge in [-0.3, -0.25) is 4.79 Å². The molecule has 0 aromatic heterocycles. The number of fused-ring (bicyclic) bond motifs is 1. The van der Waals surface area contributed by atoms with Gasteiger partial charge in [0.15, 0.2) is 5.78 Å². The summed E-state index contributed by atoms with van der Waals surface area (Å²) in [5, 5.41) is 22.3. The summed E-state index contributed by atoms with van der Waals surface area (Å²) in [6, 6.07) is 16.3. The normalized spacial score (nSPS) is 14.3. The fourth-order valence-corrected chi connectivity index (χ4v) is 3.59. The maximum Gasteiger partial charge on any atom is 0.189 e. The van der Waals surface area contributed by atoms with E-state index < -0.39 is 0 Å². The molecule has 1 saturated heterocycles. The number of nitrogens with zero attached hydrogens (tertiary/aromatic N) is 1. The molecule has 1 heterocycles. The van der Waals surface area contributed by atoms with E-state index in [2.05, 4.69) is 4.90 Å². The Morgan fingerprint density at radius 3 is 2.52 bits per heavy atom. The Kier molecular flexibility index (Phi) is 4.55. The summed E-state index contributed by atoms with van der Waals surface area (Å²) < 4.78 is 0. The van der Waals surface area contributed by atoms with Crippen LogP contribution in [0.5, 0.6) is 11.5 Å². The standard InChI is InChI=1S/C23H21NO3/c25-21(19-10-9-17-5-1-2-6-18(17)23(19)27)12-8-16-7-11-20(22(26)15-16)24-13-3-4-14-24/h1-2,5-12,15,26-27H,3-4,13-14H2. The number of phenolic OH excluding ortho intramolecular Hbond substituents is 2. The zero-order chi connectivity index (χ0) is 18.8. The molecule has 2 N–H and O–H groups in total.